The zero-order chi connectivity index (χ0) is 17.5. The van der Waals surface area contributed by atoms with Crippen molar-refractivity contribution in [1.82, 2.24) is 9.97 Å². The van der Waals surface area contributed by atoms with Crippen molar-refractivity contribution in [3.05, 3.63) is 23.8 Å². The second kappa shape index (κ2) is 9.69. The molecule has 140 valence electrons. The zero-order valence-corrected chi connectivity index (χ0v) is 16.6. The van der Waals surface area contributed by atoms with Gasteiger partial charge in [0.25, 0.3) is 0 Å². The fourth-order valence-electron chi connectivity index (χ4n) is 5.16. The van der Waals surface area contributed by atoms with Gasteiger partial charge < -0.3 is 0 Å². The third-order valence-electron chi connectivity index (χ3n) is 7.06. The van der Waals surface area contributed by atoms with Crippen LogP contribution >= 0.6 is 0 Å². The fourth-order valence-corrected chi connectivity index (χ4v) is 5.16. The topological polar surface area (TPSA) is 25.8 Å². The van der Waals surface area contributed by atoms with E-state index in [9.17, 15) is 0 Å². The molecule has 0 aliphatic heterocycles. The van der Waals surface area contributed by atoms with E-state index in [0.29, 0.717) is 5.92 Å². The quantitative estimate of drug-likeness (QED) is 0.551. The van der Waals surface area contributed by atoms with Gasteiger partial charge >= 0.3 is 0 Å². The highest BCUT2D eigenvalue weighted by atomic mass is 14.9. The Labute approximate surface area is 155 Å². The van der Waals surface area contributed by atoms with Crippen molar-refractivity contribution >= 4 is 0 Å². The molecule has 2 heteroatoms. The molecule has 1 heterocycles. The van der Waals surface area contributed by atoms with Gasteiger partial charge in [-0.3, -0.25) is 0 Å². The Kier molecular flexibility index (Phi) is 7.31. The number of hydrogen-bond donors (Lipinski definition) is 0. The lowest BCUT2D eigenvalue weighted by Gasteiger charge is -2.28. The van der Waals surface area contributed by atoms with Crippen LogP contribution in [0.15, 0.2) is 12.4 Å². The Morgan fingerprint density at radius 2 is 1.32 bits per heavy atom. The van der Waals surface area contributed by atoms with Crippen molar-refractivity contribution in [3.63, 3.8) is 0 Å². The van der Waals surface area contributed by atoms with Crippen molar-refractivity contribution in [2.75, 3.05) is 0 Å². The van der Waals surface area contributed by atoms with Crippen LogP contribution in [-0.2, 0) is 6.42 Å². The highest BCUT2D eigenvalue weighted by Gasteiger charge is 2.22. The predicted molar refractivity (Wildman–Crippen MR) is 106 cm³/mol. The van der Waals surface area contributed by atoms with Crippen LogP contribution in [0.1, 0.15) is 108 Å². The summed E-state index contributed by atoms with van der Waals surface area (Å²) in [5.74, 6) is 4.68. The molecular formula is C23H38N2. The molecular weight excluding hydrogens is 304 g/mol. The first-order valence-corrected chi connectivity index (χ1v) is 11.1. The Bertz CT molecular complexity index is 479. The minimum Gasteiger partial charge on any atom is -0.241 e. The summed E-state index contributed by atoms with van der Waals surface area (Å²) in [6, 6.07) is 0. The maximum Gasteiger partial charge on any atom is 0.128 e. The van der Waals surface area contributed by atoms with Crippen LogP contribution in [0, 0.1) is 17.8 Å². The van der Waals surface area contributed by atoms with Crippen molar-refractivity contribution in [1.29, 1.82) is 0 Å². The van der Waals surface area contributed by atoms with E-state index in [2.05, 4.69) is 26.2 Å². The summed E-state index contributed by atoms with van der Waals surface area (Å²) in [4.78, 5) is 9.42. The van der Waals surface area contributed by atoms with E-state index >= 15 is 0 Å². The molecule has 0 radical (unpaired) electrons. The normalized spacial score (nSPS) is 30.3. The van der Waals surface area contributed by atoms with E-state index in [1.165, 1.54) is 82.6 Å². The van der Waals surface area contributed by atoms with Gasteiger partial charge in [0.15, 0.2) is 0 Å². The summed E-state index contributed by atoms with van der Waals surface area (Å²) in [6.45, 7) is 4.65. The van der Waals surface area contributed by atoms with E-state index in [1.807, 2.05) is 0 Å². The second-order valence-electron chi connectivity index (χ2n) is 8.77. The molecule has 0 amide bonds. The first kappa shape index (κ1) is 18.9. The first-order valence-electron chi connectivity index (χ1n) is 11.1. The van der Waals surface area contributed by atoms with Crippen LogP contribution < -0.4 is 0 Å². The van der Waals surface area contributed by atoms with Crippen LogP contribution in [0.3, 0.4) is 0 Å². The molecule has 0 unspecified atom stereocenters. The molecule has 2 aliphatic rings. The van der Waals surface area contributed by atoms with Crippen molar-refractivity contribution < 1.29 is 0 Å². The highest BCUT2D eigenvalue weighted by Crippen LogP contribution is 2.36. The Hall–Kier alpha value is -0.920. The zero-order valence-electron chi connectivity index (χ0n) is 16.6. The van der Waals surface area contributed by atoms with Gasteiger partial charge in [-0.1, -0.05) is 58.8 Å². The van der Waals surface area contributed by atoms with E-state index in [0.717, 1.165) is 30.0 Å². The summed E-state index contributed by atoms with van der Waals surface area (Å²) in [5, 5.41) is 0. The minimum atomic E-state index is 0.714. The summed E-state index contributed by atoms with van der Waals surface area (Å²) in [6.07, 6.45) is 22.0. The number of nitrogens with zero attached hydrogens (tertiary/aromatic N) is 2. The minimum absolute atomic E-state index is 0.714. The van der Waals surface area contributed by atoms with E-state index < -0.39 is 0 Å². The second-order valence-corrected chi connectivity index (χ2v) is 8.77. The van der Waals surface area contributed by atoms with Crippen LogP contribution in [0.25, 0.3) is 0 Å². The molecule has 3 rings (SSSR count). The lowest BCUT2D eigenvalue weighted by atomic mass is 9.78. The highest BCUT2D eigenvalue weighted by molar-refractivity contribution is 5.12. The van der Waals surface area contributed by atoms with Crippen LogP contribution in [0.4, 0.5) is 0 Å². The SMILES string of the molecule is CCC[C@H]1CC[C@H](CCc2ncc([C@H]3CC[C@H](CC)CC3)cn2)CC1. The molecule has 0 N–H and O–H groups in total. The summed E-state index contributed by atoms with van der Waals surface area (Å²) in [5.41, 5.74) is 1.39. The van der Waals surface area contributed by atoms with E-state index in [1.54, 1.807) is 0 Å². The maximum absolute atomic E-state index is 4.71. The average molecular weight is 343 g/mol. The smallest absolute Gasteiger partial charge is 0.128 e. The van der Waals surface area contributed by atoms with Gasteiger partial charge in [0.05, 0.1) is 0 Å². The van der Waals surface area contributed by atoms with Gasteiger partial charge in [0.2, 0.25) is 0 Å². The Balaban J connectivity index is 1.41. The van der Waals surface area contributed by atoms with Crippen molar-refractivity contribution in [3.8, 4) is 0 Å². The van der Waals surface area contributed by atoms with Gasteiger partial charge in [-0.25, -0.2) is 9.97 Å². The molecule has 2 saturated carbocycles. The predicted octanol–water partition coefficient (Wildman–Crippen LogP) is 6.70. The number of rotatable bonds is 7. The number of aromatic nitrogens is 2. The van der Waals surface area contributed by atoms with Gasteiger partial charge in [-0.05, 0) is 61.3 Å². The molecule has 0 bridgehead atoms. The summed E-state index contributed by atoms with van der Waals surface area (Å²) < 4.78 is 0. The van der Waals surface area contributed by atoms with Crippen LogP contribution in [0.5, 0.6) is 0 Å². The van der Waals surface area contributed by atoms with Gasteiger partial charge in [-0.2, -0.15) is 0 Å². The van der Waals surface area contributed by atoms with E-state index in [4.69, 9.17) is 9.97 Å². The van der Waals surface area contributed by atoms with Gasteiger partial charge in [-0.15, -0.1) is 0 Å². The molecule has 2 aliphatic carbocycles. The third-order valence-corrected chi connectivity index (χ3v) is 7.06. The molecule has 1 aromatic rings. The van der Waals surface area contributed by atoms with Gasteiger partial charge in [0, 0.05) is 18.8 Å². The van der Waals surface area contributed by atoms with Crippen molar-refractivity contribution in [2.24, 2.45) is 17.8 Å². The lowest BCUT2D eigenvalue weighted by molar-refractivity contribution is 0.251. The van der Waals surface area contributed by atoms with Crippen LogP contribution in [-0.4, -0.2) is 9.97 Å². The largest absolute Gasteiger partial charge is 0.241 e. The summed E-state index contributed by atoms with van der Waals surface area (Å²) in [7, 11) is 0. The molecule has 2 fully saturated rings. The van der Waals surface area contributed by atoms with Gasteiger partial charge in [0.1, 0.15) is 5.82 Å². The molecule has 0 aromatic carbocycles. The average Bonchev–Trinajstić information content (AvgIpc) is 2.68. The van der Waals surface area contributed by atoms with E-state index in [-0.39, 0.29) is 0 Å². The summed E-state index contributed by atoms with van der Waals surface area (Å²) >= 11 is 0. The molecule has 0 spiro atoms. The van der Waals surface area contributed by atoms with Crippen LogP contribution in [0.2, 0.25) is 0 Å². The molecule has 0 saturated heterocycles. The third kappa shape index (κ3) is 5.53. The first-order chi connectivity index (χ1) is 12.3. The standard InChI is InChI=1S/C23H38N2/c1-3-5-19-6-8-20(9-7-19)12-15-23-24-16-22(17-25-23)21-13-10-18(4-2)11-14-21/h16-21H,3-15H2,1-2H3/t18-,19-,20-,21-. The number of aryl methyl sites for hydroxylation is 1. The fraction of sp³-hybridized carbons (Fsp3) is 0.826. The molecule has 0 atom stereocenters. The lowest BCUT2D eigenvalue weighted by Crippen LogP contribution is -2.16. The molecule has 2 nitrogen and oxygen atoms in total. The Morgan fingerprint density at radius 3 is 1.88 bits per heavy atom. The number of hydrogen-bond acceptors (Lipinski definition) is 2. The maximum atomic E-state index is 4.71. The monoisotopic (exact) mass is 342 g/mol. The van der Waals surface area contributed by atoms with Crippen molar-refractivity contribution in [2.45, 2.75) is 103 Å². The molecule has 1 aromatic heterocycles. The molecule has 25 heavy (non-hydrogen) atoms. The Morgan fingerprint density at radius 1 is 0.760 bits per heavy atom.